The smallest absolute Gasteiger partial charge is 0.215 e. The van der Waals surface area contributed by atoms with Gasteiger partial charge in [-0.05, 0) is 38.5 Å². The zero-order valence-electron chi connectivity index (χ0n) is 13.8. The van der Waals surface area contributed by atoms with Gasteiger partial charge in [0.2, 0.25) is 5.88 Å². The van der Waals surface area contributed by atoms with Crippen LogP contribution in [-0.2, 0) is 0 Å². The quantitative estimate of drug-likeness (QED) is 0.766. The molecule has 120 valence electrons. The lowest BCUT2D eigenvalue weighted by molar-refractivity contribution is 0.0917. The van der Waals surface area contributed by atoms with E-state index in [1.807, 2.05) is 26.8 Å². The zero-order valence-corrected chi connectivity index (χ0v) is 13.8. The number of hydrogen-bond donors (Lipinski definition) is 0. The molecule has 5 nitrogen and oxygen atoms in total. The van der Waals surface area contributed by atoms with Gasteiger partial charge in [-0.15, -0.1) is 0 Å². The number of pyridine rings is 2. The molecule has 0 radical (unpaired) electrons. The Morgan fingerprint density at radius 3 is 1.91 bits per heavy atom. The van der Waals surface area contributed by atoms with Crippen molar-refractivity contribution >= 4 is 11.6 Å². The van der Waals surface area contributed by atoms with Crippen molar-refractivity contribution < 1.29 is 14.3 Å². The fourth-order valence-electron chi connectivity index (χ4n) is 2.24. The molecule has 0 unspecified atom stereocenters. The minimum Gasteiger partial charge on any atom is -0.481 e. The summed E-state index contributed by atoms with van der Waals surface area (Å²) >= 11 is 0. The Morgan fingerprint density at radius 2 is 1.43 bits per heavy atom. The lowest BCUT2D eigenvalue weighted by atomic mass is 10.0. The van der Waals surface area contributed by atoms with E-state index in [1.165, 1.54) is 13.3 Å². The van der Waals surface area contributed by atoms with E-state index in [2.05, 4.69) is 9.97 Å². The molecule has 0 bridgehead atoms. The van der Waals surface area contributed by atoms with Crippen LogP contribution in [0.4, 0.5) is 0 Å². The Kier molecular flexibility index (Phi) is 5.21. The van der Waals surface area contributed by atoms with Crippen LogP contribution in [0, 0.1) is 20.8 Å². The van der Waals surface area contributed by atoms with Crippen LogP contribution >= 0.6 is 0 Å². The number of ether oxygens (including phenoxy) is 1. The van der Waals surface area contributed by atoms with Crippen molar-refractivity contribution in [3.8, 4) is 5.88 Å². The maximum absolute atomic E-state index is 12.2. The summed E-state index contributed by atoms with van der Waals surface area (Å²) in [7, 11) is 1.53. The van der Waals surface area contributed by atoms with Gasteiger partial charge in [-0.2, -0.15) is 0 Å². The largest absolute Gasteiger partial charge is 0.481 e. The molecule has 0 spiro atoms. The zero-order chi connectivity index (χ0) is 17.0. The maximum atomic E-state index is 12.2. The Balaban J connectivity index is 2.02. The van der Waals surface area contributed by atoms with Gasteiger partial charge < -0.3 is 4.74 Å². The summed E-state index contributed by atoms with van der Waals surface area (Å²) in [5.41, 5.74) is 3.71. The molecule has 5 heteroatoms. The van der Waals surface area contributed by atoms with Crippen LogP contribution < -0.4 is 4.74 Å². The average Bonchev–Trinajstić information content (AvgIpc) is 2.54. The number of hydrogen-bond acceptors (Lipinski definition) is 5. The number of aryl methyl sites for hydroxylation is 3. The molecule has 0 aliphatic carbocycles. The van der Waals surface area contributed by atoms with Crippen LogP contribution in [0.1, 0.15) is 50.4 Å². The first kappa shape index (κ1) is 16.8. The predicted octanol–water partition coefficient (Wildman–Crippen LogP) is 3.26. The summed E-state index contributed by atoms with van der Waals surface area (Å²) in [6.45, 7) is 5.64. The SMILES string of the molecule is COc1ncc(C(=O)CCC(=O)c2cnc(C)c(C)c2)cc1C. The van der Waals surface area contributed by atoms with E-state index >= 15 is 0 Å². The minimum atomic E-state index is -0.103. The van der Waals surface area contributed by atoms with Crippen molar-refractivity contribution in [1.82, 2.24) is 9.97 Å². The van der Waals surface area contributed by atoms with Gasteiger partial charge >= 0.3 is 0 Å². The van der Waals surface area contributed by atoms with E-state index < -0.39 is 0 Å². The van der Waals surface area contributed by atoms with Gasteiger partial charge in [0.1, 0.15) is 0 Å². The second kappa shape index (κ2) is 7.13. The molecule has 0 saturated carbocycles. The number of aromatic nitrogens is 2. The molecule has 2 aromatic rings. The van der Waals surface area contributed by atoms with Gasteiger partial charge in [0, 0.05) is 47.6 Å². The first-order valence-corrected chi connectivity index (χ1v) is 7.42. The van der Waals surface area contributed by atoms with Crippen molar-refractivity contribution in [2.45, 2.75) is 33.6 Å². The van der Waals surface area contributed by atoms with Crippen LogP contribution in [0.25, 0.3) is 0 Å². The second-order valence-corrected chi connectivity index (χ2v) is 5.52. The second-order valence-electron chi connectivity index (χ2n) is 5.52. The molecule has 0 amide bonds. The van der Waals surface area contributed by atoms with Crippen molar-refractivity contribution in [3.63, 3.8) is 0 Å². The number of nitrogens with zero attached hydrogens (tertiary/aromatic N) is 2. The fourth-order valence-corrected chi connectivity index (χ4v) is 2.24. The summed E-state index contributed by atoms with van der Waals surface area (Å²) < 4.78 is 5.07. The molecule has 23 heavy (non-hydrogen) atoms. The third kappa shape index (κ3) is 4.00. The Hall–Kier alpha value is -2.56. The topological polar surface area (TPSA) is 69.2 Å². The van der Waals surface area contributed by atoms with Crippen LogP contribution in [-0.4, -0.2) is 28.6 Å². The van der Waals surface area contributed by atoms with Crippen molar-refractivity contribution in [3.05, 3.63) is 52.5 Å². The van der Waals surface area contributed by atoms with Gasteiger partial charge in [-0.3, -0.25) is 14.6 Å². The monoisotopic (exact) mass is 312 g/mol. The number of carbonyl (C=O) groups excluding carboxylic acids is 2. The number of Topliss-reactive ketones (excluding diaryl/α,β-unsaturated/α-hetero) is 2. The van der Waals surface area contributed by atoms with E-state index in [4.69, 9.17) is 4.74 Å². The standard InChI is InChI=1S/C18H20N2O3/c1-11-7-14(9-19-13(11)3)16(21)5-6-17(22)15-8-12(2)18(23-4)20-10-15/h7-10H,5-6H2,1-4H3. The lowest BCUT2D eigenvalue weighted by Gasteiger charge is -2.06. The van der Waals surface area contributed by atoms with E-state index in [1.54, 1.807) is 12.3 Å². The van der Waals surface area contributed by atoms with Gasteiger partial charge in [-0.25, -0.2) is 4.98 Å². The Morgan fingerprint density at radius 1 is 0.913 bits per heavy atom. The highest BCUT2D eigenvalue weighted by Gasteiger charge is 2.13. The highest BCUT2D eigenvalue weighted by Crippen LogP contribution is 2.17. The molecule has 2 heterocycles. The first-order chi connectivity index (χ1) is 10.9. The van der Waals surface area contributed by atoms with Crippen LogP contribution in [0.2, 0.25) is 0 Å². The molecule has 0 aromatic carbocycles. The molecule has 2 rings (SSSR count). The van der Waals surface area contributed by atoms with Gasteiger partial charge in [0.05, 0.1) is 7.11 Å². The van der Waals surface area contributed by atoms with E-state index in [0.717, 1.165) is 16.8 Å². The third-order valence-corrected chi connectivity index (χ3v) is 3.79. The highest BCUT2D eigenvalue weighted by molar-refractivity contribution is 6.02. The molecule has 0 aliphatic rings. The number of ketones is 2. The van der Waals surface area contributed by atoms with Crippen molar-refractivity contribution in [2.75, 3.05) is 7.11 Å². The Bertz CT molecular complexity index is 754. The Labute approximate surface area is 135 Å². The molecule has 0 fully saturated rings. The number of methoxy groups -OCH3 is 1. The molecule has 0 aliphatic heterocycles. The van der Waals surface area contributed by atoms with Crippen molar-refractivity contribution in [2.24, 2.45) is 0 Å². The van der Waals surface area contributed by atoms with E-state index in [9.17, 15) is 9.59 Å². The molecule has 0 saturated heterocycles. The number of carbonyl (C=O) groups is 2. The molecule has 0 atom stereocenters. The summed E-state index contributed by atoms with van der Waals surface area (Å²) in [5.74, 6) is 0.319. The maximum Gasteiger partial charge on any atom is 0.215 e. The average molecular weight is 312 g/mol. The fraction of sp³-hybridized carbons (Fsp3) is 0.333. The van der Waals surface area contributed by atoms with Crippen molar-refractivity contribution in [1.29, 1.82) is 0 Å². The summed E-state index contributed by atoms with van der Waals surface area (Å²) in [6, 6.07) is 3.55. The van der Waals surface area contributed by atoms with E-state index in [0.29, 0.717) is 17.0 Å². The predicted molar refractivity (Wildman–Crippen MR) is 87.1 cm³/mol. The summed E-state index contributed by atoms with van der Waals surface area (Å²) in [5, 5.41) is 0. The van der Waals surface area contributed by atoms with Gasteiger partial charge in [-0.1, -0.05) is 0 Å². The van der Waals surface area contributed by atoms with Crippen LogP contribution in [0.5, 0.6) is 5.88 Å². The highest BCUT2D eigenvalue weighted by atomic mass is 16.5. The molecular weight excluding hydrogens is 292 g/mol. The number of rotatable bonds is 6. The third-order valence-electron chi connectivity index (χ3n) is 3.79. The van der Waals surface area contributed by atoms with Gasteiger partial charge in [0.25, 0.3) is 0 Å². The van der Waals surface area contributed by atoms with E-state index in [-0.39, 0.29) is 24.4 Å². The normalized spacial score (nSPS) is 10.4. The minimum absolute atomic E-state index is 0.0767. The summed E-state index contributed by atoms with van der Waals surface area (Å²) in [4.78, 5) is 32.7. The van der Waals surface area contributed by atoms with Gasteiger partial charge in [0.15, 0.2) is 11.6 Å². The van der Waals surface area contributed by atoms with Crippen LogP contribution in [0.15, 0.2) is 24.5 Å². The van der Waals surface area contributed by atoms with Crippen LogP contribution in [0.3, 0.4) is 0 Å². The first-order valence-electron chi connectivity index (χ1n) is 7.42. The molecule has 2 aromatic heterocycles. The summed E-state index contributed by atoms with van der Waals surface area (Å²) in [6.07, 6.45) is 3.36. The molecular formula is C18H20N2O3. The lowest BCUT2D eigenvalue weighted by Crippen LogP contribution is -2.07. The molecule has 0 N–H and O–H groups in total.